The third-order valence-corrected chi connectivity index (χ3v) is 5.36. The van der Waals surface area contributed by atoms with E-state index in [0.717, 1.165) is 6.54 Å². The van der Waals surface area contributed by atoms with Gasteiger partial charge in [-0.3, -0.25) is 0 Å². The minimum Gasteiger partial charge on any atom is -0.475 e. The van der Waals surface area contributed by atoms with Crippen LogP contribution in [0.1, 0.15) is 16.1 Å². The van der Waals surface area contributed by atoms with Crippen LogP contribution >= 0.6 is 23.5 Å². The van der Waals surface area contributed by atoms with Gasteiger partial charge >= 0.3 is 5.97 Å². The molecule has 2 heterocycles. The van der Waals surface area contributed by atoms with Crippen LogP contribution in [-0.4, -0.2) is 40.1 Å². The third kappa shape index (κ3) is 3.69. The molecule has 1 aromatic heterocycles. The summed E-state index contributed by atoms with van der Waals surface area (Å²) in [6, 6.07) is 1.71. The summed E-state index contributed by atoms with van der Waals surface area (Å²) in [7, 11) is 0. The normalized spacial score (nSPS) is 20.4. The maximum Gasteiger partial charge on any atom is 0.372 e. The lowest BCUT2D eigenvalue weighted by Gasteiger charge is -2.21. The Balaban J connectivity index is 1.77. The average Bonchev–Trinajstić information content (AvgIpc) is 2.79. The van der Waals surface area contributed by atoms with Crippen molar-refractivity contribution >= 4 is 29.5 Å². The lowest BCUT2D eigenvalue weighted by atomic mass is 10.2. The molecule has 0 saturated carbocycles. The molecule has 2 N–H and O–H groups in total. The van der Waals surface area contributed by atoms with Gasteiger partial charge in [0.2, 0.25) is 5.76 Å². The second kappa shape index (κ2) is 6.37. The first-order valence-electron chi connectivity index (χ1n) is 5.47. The number of aromatic carboxylic acids is 1. The van der Waals surface area contributed by atoms with Crippen LogP contribution in [0.2, 0.25) is 0 Å². The standard InChI is InChI=1S/C11H15NO3S2/c13-11(14)10-8(1-2-15-10)5-12-6-9-7-16-3-4-17-9/h1-2,9,12H,3-7H2,(H,13,14). The van der Waals surface area contributed by atoms with E-state index in [4.69, 9.17) is 9.52 Å². The Hall–Kier alpha value is -0.590. The van der Waals surface area contributed by atoms with E-state index in [-0.39, 0.29) is 5.76 Å². The lowest BCUT2D eigenvalue weighted by Crippen LogP contribution is -2.28. The average molecular weight is 273 g/mol. The summed E-state index contributed by atoms with van der Waals surface area (Å²) in [6.07, 6.45) is 1.42. The van der Waals surface area contributed by atoms with E-state index in [9.17, 15) is 4.79 Å². The fourth-order valence-corrected chi connectivity index (χ4v) is 4.33. The molecule has 0 aliphatic carbocycles. The van der Waals surface area contributed by atoms with Gasteiger partial charge < -0.3 is 14.8 Å². The summed E-state index contributed by atoms with van der Waals surface area (Å²) in [5, 5.41) is 12.8. The van der Waals surface area contributed by atoms with E-state index in [0.29, 0.717) is 17.4 Å². The number of hydrogen-bond acceptors (Lipinski definition) is 5. The number of nitrogens with one attached hydrogen (secondary N) is 1. The predicted octanol–water partition coefficient (Wildman–Crippen LogP) is 1.92. The van der Waals surface area contributed by atoms with Gasteiger partial charge in [-0.1, -0.05) is 0 Å². The molecular formula is C11H15NO3S2. The predicted molar refractivity (Wildman–Crippen MR) is 70.9 cm³/mol. The first-order valence-corrected chi connectivity index (χ1v) is 7.67. The van der Waals surface area contributed by atoms with Gasteiger partial charge in [-0.25, -0.2) is 4.79 Å². The summed E-state index contributed by atoms with van der Waals surface area (Å²) in [4.78, 5) is 10.8. The lowest BCUT2D eigenvalue weighted by molar-refractivity contribution is 0.0660. The number of hydrogen-bond donors (Lipinski definition) is 2. The van der Waals surface area contributed by atoms with Crippen LogP contribution in [-0.2, 0) is 6.54 Å². The number of carboxylic acids is 1. The summed E-state index contributed by atoms with van der Waals surface area (Å²) < 4.78 is 4.92. The molecule has 1 atom stereocenters. The fraction of sp³-hybridized carbons (Fsp3) is 0.545. The van der Waals surface area contributed by atoms with E-state index in [1.165, 1.54) is 23.5 Å². The number of thioether (sulfide) groups is 2. The Morgan fingerprint density at radius 3 is 3.18 bits per heavy atom. The summed E-state index contributed by atoms with van der Waals surface area (Å²) in [6.45, 7) is 1.47. The minimum absolute atomic E-state index is 0.0446. The highest BCUT2D eigenvalue weighted by Gasteiger charge is 2.16. The smallest absolute Gasteiger partial charge is 0.372 e. The second-order valence-electron chi connectivity index (χ2n) is 3.78. The van der Waals surface area contributed by atoms with Crippen molar-refractivity contribution in [2.75, 3.05) is 23.8 Å². The molecule has 1 saturated heterocycles. The molecule has 6 heteroatoms. The molecule has 1 aromatic rings. The Bertz CT molecular complexity index is 375. The SMILES string of the molecule is O=C(O)c1occc1CNCC1CSCCS1. The van der Waals surface area contributed by atoms with Crippen molar-refractivity contribution in [3.05, 3.63) is 23.7 Å². The van der Waals surface area contributed by atoms with Crippen molar-refractivity contribution in [3.8, 4) is 0 Å². The summed E-state index contributed by atoms with van der Waals surface area (Å²) in [5.41, 5.74) is 0.714. The number of carbonyl (C=O) groups is 1. The molecule has 0 bridgehead atoms. The maximum absolute atomic E-state index is 10.8. The highest BCUT2D eigenvalue weighted by atomic mass is 32.2. The van der Waals surface area contributed by atoms with Gasteiger partial charge in [-0.15, -0.1) is 0 Å². The minimum atomic E-state index is -1.01. The molecule has 2 rings (SSSR count). The molecule has 1 aliphatic rings. The van der Waals surface area contributed by atoms with Crippen LogP contribution in [0, 0.1) is 0 Å². The second-order valence-corrected chi connectivity index (χ2v) is 6.34. The molecule has 1 aliphatic heterocycles. The van der Waals surface area contributed by atoms with Crippen LogP contribution in [0.4, 0.5) is 0 Å². The number of rotatable bonds is 5. The van der Waals surface area contributed by atoms with E-state index in [2.05, 4.69) is 5.32 Å². The molecule has 1 unspecified atom stereocenters. The van der Waals surface area contributed by atoms with Crippen LogP contribution in [0.3, 0.4) is 0 Å². The maximum atomic E-state index is 10.8. The van der Waals surface area contributed by atoms with Crippen LogP contribution in [0.25, 0.3) is 0 Å². The van der Waals surface area contributed by atoms with Gasteiger partial charge in [0, 0.05) is 41.2 Å². The summed E-state index contributed by atoms with van der Waals surface area (Å²) in [5.74, 6) is 2.67. The first-order chi connectivity index (χ1) is 8.27. The molecule has 0 aromatic carbocycles. The Morgan fingerprint density at radius 2 is 2.47 bits per heavy atom. The number of carboxylic acid groups (broad SMARTS) is 1. The van der Waals surface area contributed by atoms with Gasteiger partial charge in [-0.2, -0.15) is 23.5 Å². The molecule has 17 heavy (non-hydrogen) atoms. The van der Waals surface area contributed by atoms with E-state index < -0.39 is 5.97 Å². The molecule has 0 amide bonds. The van der Waals surface area contributed by atoms with Crippen LogP contribution < -0.4 is 5.32 Å². The van der Waals surface area contributed by atoms with E-state index in [1.54, 1.807) is 6.07 Å². The fourth-order valence-electron chi connectivity index (χ4n) is 1.68. The Labute approximate surface area is 109 Å². The molecule has 0 spiro atoms. The van der Waals surface area contributed by atoms with Crippen molar-refractivity contribution < 1.29 is 14.3 Å². The highest BCUT2D eigenvalue weighted by molar-refractivity contribution is 8.06. The van der Waals surface area contributed by atoms with Crippen LogP contribution in [0.15, 0.2) is 16.7 Å². The highest BCUT2D eigenvalue weighted by Crippen LogP contribution is 2.23. The van der Waals surface area contributed by atoms with E-state index in [1.807, 2.05) is 23.5 Å². The Kier molecular flexibility index (Phi) is 4.82. The molecule has 1 fully saturated rings. The zero-order chi connectivity index (χ0) is 12.1. The summed E-state index contributed by atoms with van der Waals surface area (Å²) >= 11 is 3.97. The van der Waals surface area contributed by atoms with E-state index >= 15 is 0 Å². The molecule has 4 nitrogen and oxygen atoms in total. The largest absolute Gasteiger partial charge is 0.475 e. The third-order valence-electron chi connectivity index (χ3n) is 2.51. The van der Waals surface area contributed by atoms with Crippen LogP contribution in [0.5, 0.6) is 0 Å². The van der Waals surface area contributed by atoms with Crippen molar-refractivity contribution in [2.24, 2.45) is 0 Å². The quantitative estimate of drug-likeness (QED) is 0.854. The zero-order valence-electron chi connectivity index (χ0n) is 9.35. The first kappa shape index (κ1) is 12.9. The molecule has 94 valence electrons. The monoisotopic (exact) mass is 273 g/mol. The number of furan rings is 1. The van der Waals surface area contributed by atoms with Gasteiger partial charge in [0.1, 0.15) is 0 Å². The van der Waals surface area contributed by atoms with Gasteiger partial charge in [-0.05, 0) is 6.07 Å². The van der Waals surface area contributed by atoms with Gasteiger partial charge in [0.15, 0.2) is 0 Å². The van der Waals surface area contributed by atoms with Gasteiger partial charge in [0.05, 0.1) is 6.26 Å². The van der Waals surface area contributed by atoms with Crippen molar-refractivity contribution in [2.45, 2.75) is 11.8 Å². The van der Waals surface area contributed by atoms with Gasteiger partial charge in [0.25, 0.3) is 0 Å². The topological polar surface area (TPSA) is 62.5 Å². The molecule has 0 radical (unpaired) electrons. The van der Waals surface area contributed by atoms with Crippen molar-refractivity contribution in [1.29, 1.82) is 0 Å². The molecular weight excluding hydrogens is 258 g/mol. The Morgan fingerprint density at radius 1 is 1.59 bits per heavy atom. The van der Waals surface area contributed by atoms with Crippen molar-refractivity contribution in [3.63, 3.8) is 0 Å². The zero-order valence-corrected chi connectivity index (χ0v) is 11.0. The van der Waals surface area contributed by atoms with Crippen molar-refractivity contribution in [1.82, 2.24) is 5.32 Å².